The average Bonchev–Trinajstić information content (AvgIpc) is 2.38. The molecular weight excluding hydrogens is 297 g/mol. The largest absolute Gasteiger partial charge is 0.487 e. The predicted molar refractivity (Wildman–Crippen MR) is 69.6 cm³/mol. The Kier molecular flexibility index (Phi) is 3.96. The van der Waals surface area contributed by atoms with Crippen LogP contribution in [0.4, 0.5) is 4.39 Å². The quantitative estimate of drug-likeness (QED) is 0.857. The van der Waals surface area contributed by atoms with Crippen LogP contribution in [0.25, 0.3) is 0 Å². The van der Waals surface area contributed by atoms with Crippen LogP contribution in [-0.4, -0.2) is 0 Å². The predicted octanol–water partition coefficient (Wildman–Crippen LogP) is 4.04. The van der Waals surface area contributed by atoms with Gasteiger partial charge >= 0.3 is 0 Å². The maximum Gasteiger partial charge on any atom is 0.144 e. The molecule has 0 fully saturated rings. The van der Waals surface area contributed by atoms with Crippen LogP contribution >= 0.6 is 15.9 Å². The molecule has 2 aromatic rings. The maximum atomic E-state index is 13.3. The van der Waals surface area contributed by atoms with E-state index in [1.165, 1.54) is 12.1 Å². The second-order valence-corrected chi connectivity index (χ2v) is 4.56. The van der Waals surface area contributed by atoms with E-state index < -0.39 is 5.82 Å². The Balaban J connectivity index is 2.14. The van der Waals surface area contributed by atoms with E-state index in [0.29, 0.717) is 6.61 Å². The molecule has 18 heavy (non-hydrogen) atoms. The van der Waals surface area contributed by atoms with Gasteiger partial charge in [-0.05, 0) is 29.8 Å². The zero-order chi connectivity index (χ0) is 13.0. The van der Waals surface area contributed by atoms with E-state index in [0.717, 1.165) is 10.0 Å². The topological polar surface area (TPSA) is 33.0 Å². The van der Waals surface area contributed by atoms with Crippen molar-refractivity contribution in [2.45, 2.75) is 6.61 Å². The van der Waals surface area contributed by atoms with Crippen LogP contribution in [0.2, 0.25) is 0 Å². The monoisotopic (exact) mass is 305 g/mol. The lowest BCUT2D eigenvalue weighted by atomic mass is 10.2. The van der Waals surface area contributed by atoms with E-state index in [4.69, 9.17) is 10.00 Å². The Labute approximate surface area is 113 Å². The maximum absolute atomic E-state index is 13.3. The number of nitriles is 1. The Morgan fingerprint density at radius 2 is 1.89 bits per heavy atom. The van der Waals surface area contributed by atoms with Gasteiger partial charge in [0.15, 0.2) is 0 Å². The van der Waals surface area contributed by atoms with E-state index in [1.807, 2.05) is 24.3 Å². The van der Waals surface area contributed by atoms with Crippen LogP contribution in [0.1, 0.15) is 11.1 Å². The molecule has 0 amide bonds. The van der Waals surface area contributed by atoms with Gasteiger partial charge in [0, 0.05) is 4.47 Å². The van der Waals surface area contributed by atoms with Gasteiger partial charge in [0.1, 0.15) is 29.8 Å². The molecule has 0 atom stereocenters. The van der Waals surface area contributed by atoms with Crippen LogP contribution in [0.3, 0.4) is 0 Å². The number of hydrogen-bond donors (Lipinski definition) is 0. The minimum atomic E-state index is -0.564. The molecule has 0 spiro atoms. The van der Waals surface area contributed by atoms with Gasteiger partial charge in [0.05, 0.1) is 0 Å². The Bertz CT molecular complexity index is 590. The van der Waals surface area contributed by atoms with Gasteiger partial charge in [-0.3, -0.25) is 0 Å². The fourth-order valence-electron chi connectivity index (χ4n) is 1.47. The molecule has 2 nitrogen and oxygen atoms in total. The molecule has 0 N–H and O–H groups in total. The van der Waals surface area contributed by atoms with Gasteiger partial charge in [0.2, 0.25) is 0 Å². The lowest BCUT2D eigenvalue weighted by molar-refractivity contribution is 0.303. The lowest BCUT2D eigenvalue weighted by Gasteiger charge is -2.08. The highest BCUT2D eigenvalue weighted by molar-refractivity contribution is 9.10. The van der Waals surface area contributed by atoms with Gasteiger partial charge in [0.25, 0.3) is 0 Å². The van der Waals surface area contributed by atoms with Crippen LogP contribution in [0.5, 0.6) is 5.75 Å². The molecule has 0 aliphatic rings. The number of benzene rings is 2. The van der Waals surface area contributed by atoms with Crippen molar-refractivity contribution in [2.75, 3.05) is 0 Å². The third-order valence-corrected chi connectivity index (χ3v) is 2.92. The summed E-state index contributed by atoms with van der Waals surface area (Å²) in [5.74, 6) is -0.300. The van der Waals surface area contributed by atoms with E-state index in [-0.39, 0.29) is 11.3 Å². The van der Waals surface area contributed by atoms with Crippen molar-refractivity contribution in [3.63, 3.8) is 0 Å². The highest BCUT2D eigenvalue weighted by atomic mass is 79.9. The van der Waals surface area contributed by atoms with Crippen LogP contribution in [0, 0.1) is 17.1 Å². The van der Waals surface area contributed by atoms with Gasteiger partial charge in [-0.2, -0.15) is 5.26 Å². The number of ether oxygens (including phenoxy) is 1. The normalized spacial score (nSPS) is 9.83. The summed E-state index contributed by atoms with van der Waals surface area (Å²) in [4.78, 5) is 0. The first-order chi connectivity index (χ1) is 8.70. The average molecular weight is 306 g/mol. The number of hydrogen-bond acceptors (Lipinski definition) is 2. The van der Waals surface area contributed by atoms with Crippen molar-refractivity contribution in [1.29, 1.82) is 5.26 Å². The molecule has 0 bridgehead atoms. The Morgan fingerprint density at radius 1 is 1.17 bits per heavy atom. The van der Waals surface area contributed by atoms with Crippen molar-refractivity contribution < 1.29 is 9.13 Å². The Morgan fingerprint density at radius 3 is 2.56 bits per heavy atom. The van der Waals surface area contributed by atoms with E-state index >= 15 is 0 Å². The second-order valence-electron chi connectivity index (χ2n) is 3.64. The minimum absolute atomic E-state index is 0.0605. The van der Waals surface area contributed by atoms with E-state index in [9.17, 15) is 4.39 Å². The van der Waals surface area contributed by atoms with Crippen molar-refractivity contribution in [1.82, 2.24) is 0 Å². The molecule has 2 aromatic carbocycles. The minimum Gasteiger partial charge on any atom is -0.487 e. The molecule has 2 rings (SSSR count). The lowest BCUT2D eigenvalue weighted by Crippen LogP contribution is -1.98. The zero-order valence-electron chi connectivity index (χ0n) is 9.36. The first-order valence-corrected chi connectivity index (χ1v) is 6.06. The highest BCUT2D eigenvalue weighted by Crippen LogP contribution is 2.21. The first-order valence-electron chi connectivity index (χ1n) is 5.26. The molecule has 4 heteroatoms. The zero-order valence-corrected chi connectivity index (χ0v) is 10.9. The summed E-state index contributed by atoms with van der Waals surface area (Å²) in [6.45, 7) is 0.297. The highest BCUT2D eigenvalue weighted by Gasteiger charge is 2.08. The molecule has 0 aromatic heterocycles. The molecule has 0 aliphatic carbocycles. The molecule has 0 radical (unpaired) electrons. The number of rotatable bonds is 3. The van der Waals surface area contributed by atoms with Crippen molar-refractivity contribution in [2.24, 2.45) is 0 Å². The summed E-state index contributed by atoms with van der Waals surface area (Å²) in [5.41, 5.74) is 0.890. The van der Waals surface area contributed by atoms with Gasteiger partial charge in [-0.1, -0.05) is 34.1 Å². The van der Waals surface area contributed by atoms with Gasteiger partial charge < -0.3 is 4.74 Å². The van der Waals surface area contributed by atoms with Crippen LogP contribution in [-0.2, 0) is 6.61 Å². The van der Waals surface area contributed by atoms with E-state index in [1.54, 1.807) is 12.1 Å². The van der Waals surface area contributed by atoms with Crippen molar-refractivity contribution in [3.05, 3.63) is 63.9 Å². The molecule has 0 saturated carbocycles. The summed E-state index contributed by atoms with van der Waals surface area (Å²) in [6.07, 6.45) is 0. The standard InChI is InChI=1S/C14H9BrFNO/c15-11-6-4-10(5-7-11)9-18-14-3-1-2-13(16)12(14)8-17/h1-7H,9H2. The van der Waals surface area contributed by atoms with Crippen molar-refractivity contribution in [3.8, 4) is 11.8 Å². The molecule has 0 saturated heterocycles. The summed E-state index contributed by atoms with van der Waals surface area (Å²) in [5, 5.41) is 8.86. The smallest absolute Gasteiger partial charge is 0.144 e. The fourth-order valence-corrected chi connectivity index (χ4v) is 1.74. The molecule has 0 aliphatic heterocycles. The Hall–Kier alpha value is -1.86. The third-order valence-electron chi connectivity index (χ3n) is 2.39. The molecular formula is C14H9BrFNO. The van der Waals surface area contributed by atoms with Crippen LogP contribution < -0.4 is 4.74 Å². The second kappa shape index (κ2) is 5.65. The third kappa shape index (κ3) is 2.88. The van der Waals surface area contributed by atoms with Gasteiger partial charge in [-0.15, -0.1) is 0 Å². The number of halogens is 2. The molecule has 0 heterocycles. The van der Waals surface area contributed by atoms with Crippen LogP contribution in [0.15, 0.2) is 46.9 Å². The van der Waals surface area contributed by atoms with Crippen molar-refractivity contribution >= 4 is 15.9 Å². The fraction of sp³-hybridized carbons (Fsp3) is 0.0714. The molecule has 90 valence electrons. The summed E-state index contributed by atoms with van der Waals surface area (Å²) in [7, 11) is 0. The summed E-state index contributed by atoms with van der Waals surface area (Å²) < 4.78 is 19.8. The molecule has 0 unspecified atom stereocenters. The van der Waals surface area contributed by atoms with Gasteiger partial charge in [-0.25, -0.2) is 4.39 Å². The number of nitrogens with zero attached hydrogens (tertiary/aromatic N) is 1. The summed E-state index contributed by atoms with van der Waals surface area (Å²) in [6, 6.07) is 13.7. The SMILES string of the molecule is N#Cc1c(F)cccc1OCc1ccc(Br)cc1. The first kappa shape index (κ1) is 12.6. The van der Waals surface area contributed by atoms with E-state index in [2.05, 4.69) is 15.9 Å². The summed E-state index contributed by atoms with van der Waals surface area (Å²) >= 11 is 3.34.